The van der Waals surface area contributed by atoms with Gasteiger partial charge in [-0.1, -0.05) is 38.1 Å². The number of carbonyl (C=O) groups excluding carboxylic acids is 1. The van der Waals surface area contributed by atoms with Gasteiger partial charge in [0.1, 0.15) is 24.2 Å². The van der Waals surface area contributed by atoms with Gasteiger partial charge in [-0.3, -0.25) is 24.7 Å². The van der Waals surface area contributed by atoms with Crippen molar-refractivity contribution in [2.24, 2.45) is 11.7 Å². The lowest BCUT2D eigenvalue weighted by Gasteiger charge is -2.32. The van der Waals surface area contributed by atoms with Gasteiger partial charge in [0.15, 0.2) is 0 Å². The van der Waals surface area contributed by atoms with E-state index in [2.05, 4.69) is 0 Å². The van der Waals surface area contributed by atoms with Gasteiger partial charge < -0.3 is 20.1 Å². The number of esters is 1. The van der Waals surface area contributed by atoms with Crippen molar-refractivity contribution in [1.29, 1.82) is 10.8 Å². The molecule has 0 saturated carbocycles. The molecule has 0 aliphatic carbocycles. The summed E-state index contributed by atoms with van der Waals surface area (Å²) in [7, 11) is 0. The molecular weight excluding hydrogens is 532 g/mol. The molecule has 4 N–H and O–H groups in total. The second kappa shape index (κ2) is 12.1. The Morgan fingerprint density at radius 3 is 2.40 bits per heavy atom. The molecule has 0 unspecified atom stereocenters. The third-order valence-electron chi connectivity index (χ3n) is 7.63. The summed E-state index contributed by atoms with van der Waals surface area (Å²) in [4.78, 5) is 28.5. The number of fused-ring (bicyclic) bond motifs is 2. The summed E-state index contributed by atoms with van der Waals surface area (Å²) in [5.41, 5.74) is 8.22. The first-order valence-corrected chi connectivity index (χ1v) is 14.3. The molecule has 10 nitrogen and oxygen atoms in total. The van der Waals surface area contributed by atoms with E-state index in [4.69, 9.17) is 26.0 Å². The number of amidine groups is 2. The third kappa shape index (κ3) is 6.32. The molecule has 0 radical (unpaired) electrons. The Hall–Kier alpha value is -4.60. The van der Waals surface area contributed by atoms with Crippen LogP contribution in [0.5, 0.6) is 5.75 Å². The Kier molecular flexibility index (Phi) is 8.33. The third-order valence-corrected chi connectivity index (χ3v) is 7.63. The number of hydrogen-bond acceptors (Lipinski definition) is 6. The van der Waals surface area contributed by atoms with Crippen LogP contribution in [0.15, 0.2) is 59.4 Å². The van der Waals surface area contributed by atoms with Crippen LogP contribution in [0, 0.1) is 16.7 Å². The van der Waals surface area contributed by atoms with Crippen molar-refractivity contribution >= 4 is 39.4 Å². The first kappa shape index (κ1) is 28.9. The van der Waals surface area contributed by atoms with Crippen molar-refractivity contribution in [3.8, 4) is 5.75 Å². The zero-order valence-electron chi connectivity index (χ0n) is 24.4. The number of aromatic nitrogens is 2. The Morgan fingerprint density at radius 1 is 0.976 bits per heavy atom. The molecule has 0 spiro atoms. The second-order valence-electron chi connectivity index (χ2n) is 11.4. The second-order valence-corrected chi connectivity index (χ2v) is 11.4. The van der Waals surface area contributed by atoms with Gasteiger partial charge in [0.25, 0.3) is 0 Å². The molecule has 42 heavy (non-hydrogen) atoms. The number of nitrogens with zero attached hydrogens (tertiary/aromatic N) is 3. The zero-order chi connectivity index (χ0) is 30.0. The first-order valence-electron chi connectivity index (χ1n) is 14.3. The van der Waals surface area contributed by atoms with Gasteiger partial charge in [-0.05, 0) is 53.4 Å². The van der Waals surface area contributed by atoms with E-state index < -0.39 is 5.97 Å². The number of rotatable bonds is 9. The van der Waals surface area contributed by atoms with Gasteiger partial charge >= 0.3 is 11.7 Å². The highest BCUT2D eigenvalue weighted by atomic mass is 16.5. The van der Waals surface area contributed by atoms with E-state index >= 15 is 0 Å². The lowest BCUT2D eigenvalue weighted by atomic mass is 10.0. The average Bonchev–Trinajstić information content (AvgIpc) is 3.21. The fraction of sp³-hybridized carbons (Fsp3) is 0.375. The fourth-order valence-corrected chi connectivity index (χ4v) is 5.36. The minimum atomic E-state index is -0.458. The highest BCUT2D eigenvalue weighted by Gasteiger charge is 2.22. The summed E-state index contributed by atoms with van der Waals surface area (Å²) in [5.74, 6) is 0.958. The van der Waals surface area contributed by atoms with Crippen LogP contribution in [0.2, 0.25) is 0 Å². The number of likely N-dealkylation sites (tertiary alicyclic amines) is 1. The molecular formula is C32H38N6O4. The van der Waals surface area contributed by atoms with Crippen LogP contribution in [0.1, 0.15) is 44.7 Å². The number of imidazole rings is 1. The number of hydrogen-bond donors (Lipinski definition) is 3. The number of carbonyl (C=O) groups is 1. The topological polar surface area (TPSA) is 139 Å². The SMILES string of the molecule is CC(=N)N1CCC(Oc2ccc3c(c2)n(Cc2ccc4ccc(C(=N)N)cc4c2)c(=O)n3CC(=O)OCC(C)C)CC1. The van der Waals surface area contributed by atoms with Crippen molar-refractivity contribution in [1.82, 2.24) is 14.0 Å². The van der Waals surface area contributed by atoms with Gasteiger partial charge in [-0.25, -0.2) is 4.79 Å². The molecule has 220 valence electrons. The summed E-state index contributed by atoms with van der Waals surface area (Å²) in [6, 6.07) is 17.1. The zero-order valence-corrected chi connectivity index (χ0v) is 24.4. The van der Waals surface area contributed by atoms with E-state index in [1.807, 2.05) is 73.3 Å². The minimum absolute atomic E-state index is 0.00268. The molecule has 5 rings (SSSR count). The molecule has 1 aromatic heterocycles. The van der Waals surface area contributed by atoms with E-state index in [0.29, 0.717) is 34.8 Å². The lowest BCUT2D eigenvalue weighted by molar-refractivity contribution is -0.145. The van der Waals surface area contributed by atoms with Gasteiger partial charge in [0.05, 0.1) is 30.0 Å². The van der Waals surface area contributed by atoms with Gasteiger partial charge in [-0.15, -0.1) is 0 Å². The van der Waals surface area contributed by atoms with Crippen LogP contribution in [-0.2, 0) is 22.6 Å². The van der Waals surface area contributed by atoms with Gasteiger partial charge in [0, 0.05) is 37.6 Å². The average molecular weight is 571 g/mol. The highest BCUT2D eigenvalue weighted by Crippen LogP contribution is 2.26. The lowest BCUT2D eigenvalue weighted by Crippen LogP contribution is -2.40. The number of ether oxygens (including phenoxy) is 2. The Labute approximate surface area is 244 Å². The largest absolute Gasteiger partial charge is 0.490 e. The predicted octanol–water partition coefficient (Wildman–Crippen LogP) is 4.33. The van der Waals surface area contributed by atoms with E-state index in [9.17, 15) is 9.59 Å². The van der Waals surface area contributed by atoms with Gasteiger partial charge in [-0.2, -0.15) is 0 Å². The van der Waals surface area contributed by atoms with Crippen LogP contribution in [-0.4, -0.2) is 57.5 Å². The molecule has 1 aliphatic heterocycles. The number of piperidine rings is 1. The number of nitrogen functional groups attached to an aromatic ring is 1. The van der Waals surface area contributed by atoms with Crippen LogP contribution < -0.4 is 16.2 Å². The first-order chi connectivity index (χ1) is 20.1. The monoisotopic (exact) mass is 570 g/mol. The molecule has 1 saturated heterocycles. The quantitative estimate of drug-likeness (QED) is 0.156. The molecule has 4 aromatic rings. The molecule has 1 fully saturated rings. The van der Waals surface area contributed by atoms with Crippen LogP contribution in [0.3, 0.4) is 0 Å². The van der Waals surface area contributed by atoms with E-state index in [1.54, 1.807) is 11.5 Å². The Bertz CT molecular complexity index is 1710. The maximum atomic E-state index is 13.8. The molecule has 3 aromatic carbocycles. The van der Waals surface area contributed by atoms with E-state index in [1.165, 1.54) is 4.57 Å². The number of nitrogens with one attached hydrogen (secondary N) is 2. The highest BCUT2D eigenvalue weighted by molar-refractivity contribution is 5.99. The Morgan fingerprint density at radius 2 is 1.71 bits per heavy atom. The van der Waals surface area contributed by atoms with Crippen LogP contribution >= 0.6 is 0 Å². The van der Waals surface area contributed by atoms with Crippen LogP contribution in [0.4, 0.5) is 0 Å². The van der Waals surface area contributed by atoms with Crippen molar-refractivity contribution in [3.05, 3.63) is 76.2 Å². The normalized spacial score (nSPS) is 14.0. The van der Waals surface area contributed by atoms with Gasteiger partial charge in [0.2, 0.25) is 0 Å². The summed E-state index contributed by atoms with van der Waals surface area (Å²) in [5, 5.41) is 17.6. The molecule has 2 heterocycles. The summed E-state index contributed by atoms with van der Waals surface area (Å²) >= 11 is 0. The standard InChI is InChI=1S/C32H38N6O4/c1-20(2)19-41-30(39)18-38-28-9-8-27(42-26-10-12-36(13-11-26)21(3)33)16-29(28)37(32(38)40)17-22-4-5-23-6-7-24(31(34)35)15-25(23)14-22/h4-9,14-16,20,26,33H,10-13,17-19H2,1-3H3,(H3,34,35). The predicted molar refractivity (Wildman–Crippen MR) is 165 cm³/mol. The summed E-state index contributed by atoms with van der Waals surface area (Å²) in [6.07, 6.45) is 1.63. The minimum Gasteiger partial charge on any atom is -0.490 e. The summed E-state index contributed by atoms with van der Waals surface area (Å²) in [6.45, 7) is 7.66. The Balaban J connectivity index is 1.49. The van der Waals surface area contributed by atoms with Crippen molar-refractivity contribution in [3.63, 3.8) is 0 Å². The molecule has 0 bridgehead atoms. The van der Waals surface area contributed by atoms with Crippen molar-refractivity contribution in [2.75, 3.05) is 19.7 Å². The molecule has 1 aliphatic rings. The number of nitrogens with two attached hydrogens (primary N) is 1. The van der Waals surface area contributed by atoms with E-state index in [-0.39, 0.29) is 36.6 Å². The summed E-state index contributed by atoms with van der Waals surface area (Å²) < 4.78 is 14.8. The fourth-order valence-electron chi connectivity index (χ4n) is 5.36. The van der Waals surface area contributed by atoms with Crippen molar-refractivity contribution < 1.29 is 14.3 Å². The van der Waals surface area contributed by atoms with Crippen LogP contribution in [0.25, 0.3) is 21.8 Å². The maximum absolute atomic E-state index is 13.8. The molecule has 10 heteroatoms. The molecule has 0 atom stereocenters. The number of benzene rings is 3. The van der Waals surface area contributed by atoms with Crippen molar-refractivity contribution in [2.45, 2.75) is 52.8 Å². The van der Waals surface area contributed by atoms with E-state index in [0.717, 1.165) is 42.3 Å². The molecule has 0 amide bonds. The smallest absolute Gasteiger partial charge is 0.329 e. The maximum Gasteiger partial charge on any atom is 0.329 e.